The van der Waals surface area contributed by atoms with Gasteiger partial charge in [-0.15, -0.1) is 0 Å². The van der Waals surface area contributed by atoms with Gasteiger partial charge in [0.2, 0.25) is 0 Å². The molecule has 1 aromatic carbocycles. The lowest BCUT2D eigenvalue weighted by atomic mass is 9.96. The van der Waals surface area contributed by atoms with Gasteiger partial charge in [0.1, 0.15) is 6.10 Å². The lowest BCUT2D eigenvalue weighted by Crippen LogP contribution is -2.51. The summed E-state index contributed by atoms with van der Waals surface area (Å²) >= 11 is 9.08. The molecule has 0 saturated carbocycles. The van der Waals surface area contributed by atoms with Crippen LogP contribution in [0.15, 0.2) is 54.1 Å². The van der Waals surface area contributed by atoms with Gasteiger partial charge in [-0.05, 0) is 31.4 Å². The molecule has 25 heavy (non-hydrogen) atoms. The van der Waals surface area contributed by atoms with Gasteiger partial charge < -0.3 is 15.8 Å². The Kier molecular flexibility index (Phi) is 7.35. The second-order valence-corrected chi connectivity index (χ2v) is 7.69. The molecule has 0 radical (unpaired) electrons. The number of hydrogen-bond donors (Lipinski definition) is 2. The zero-order valence-corrected chi connectivity index (χ0v) is 16.7. The molecule has 1 aromatic rings. The van der Waals surface area contributed by atoms with Gasteiger partial charge in [-0.25, -0.2) is 4.79 Å². The third kappa shape index (κ3) is 5.76. The highest BCUT2D eigenvalue weighted by molar-refractivity contribution is 9.09. The van der Waals surface area contributed by atoms with Crippen molar-refractivity contribution >= 4 is 39.1 Å². The maximum atomic E-state index is 12.3. The SMILES string of the molecule is CC(OC(=O)NC(C(=S)C1=CCC(Br)C=C1)C(C)N)c1ccccc1. The molecule has 6 heteroatoms. The van der Waals surface area contributed by atoms with Crippen LogP contribution < -0.4 is 11.1 Å². The van der Waals surface area contributed by atoms with Crippen LogP contribution in [0.1, 0.15) is 31.9 Å². The Morgan fingerprint density at radius 2 is 2.04 bits per heavy atom. The maximum absolute atomic E-state index is 12.3. The molecular formula is C19H23BrN2O2S. The second kappa shape index (κ2) is 9.27. The number of alkyl carbamates (subject to hydrolysis) is 1. The first-order chi connectivity index (χ1) is 11.9. The second-order valence-electron chi connectivity index (χ2n) is 6.07. The quantitative estimate of drug-likeness (QED) is 0.532. The molecule has 4 atom stereocenters. The number of benzene rings is 1. The van der Waals surface area contributed by atoms with Crippen LogP contribution in [-0.2, 0) is 4.74 Å². The largest absolute Gasteiger partial charge is 0.442 e. The van der Waals surface area contributed by atoms with E-state index >= 15 is 0 Å². The van der Waals surface area contributed by atoms with E-state index in [2.05, 4.69) is 27.3 Å². The van der Waals surface area contributed by atoms with Crippen molar-refractivity contribution in [2.24, 2.45) is 5.73 Å². The topological polar surface area (TPSA) is 64.3 Å². The number of rotatable bonds is 6. The standard InChI is InChI=1S/C19H23BrN2O2S/c1-12(21)17(18(25)15-8-10-16(20)11-9-15)22-19(23)24-13(2)14-6-4-3-5-7-14/h3-10,12-13,16-17H,11,21H2,1-2H3,(H,22,23). The fraction of sp³-hybridized carbons (Fsp3) is 0.368. The van der Waals surface area contributed by atoms with E-state index in [4.69, 9.17) is 22.7 Å². The van der Waals surface area contributed by atoms with Crippen molar-refractivity contribution in [2.75, 3.05) is 0 Å². The first kappa shape index (κ1) is 19.8. The molecule has 0 heterocycles. The van der Waals surface area contributed by atoms with E-state index < -0.39 is 12.1 Å². The molecule has 0 bridgehead atoms. The number of carbonyl (C=O) groups is 1. The minimum Gasteiger partial charge on any atom is -0.442 e. The third-order valence-electron chi connectivity index (χ3n) is 3.97. The predicted molar refractivity (Wildman–Crippen MR) is 109 cm³/mol. The minimum absolute atomic E-state index is 0.317. The molecule has 1 aliphatic carbocycles. The first-order valence-corrected chi connectivity index (χ1v) is 9.55. The molecule has 3 N–H and O–H groups in total. The Balaban J connectivity index is 2.00. The molecule has 0 spiro atoms. The highest BCUT2D eigenvalue weighted by Gasteiger charge is 2.25. The van der Waals surface area contributed by atoms with Gasteiger partial charge in [0, 0.05) is 15.7 Å². The van der Waals surface area contributed by atoms with Crippen LogP contribution >= 0.6 is 28.1 Å². The zero-order valence-electron chi connectivity index (χ0n) is 14.3. The summed E-state index contributed by atoms with van der Waals surface area (Å²) in [5.74, 6) is 0. The summed E-state index contributed by atoms with van der Waals surface area (Å²) in [4.78, 5) is 13.2. The van der Waals surface area contributed by atoms with Crippen molar-refractivity contribution in [3.63, 3.8) is 0 Å². The number of carbonyl (C=O) groups excluding carboxylic acids is 1. The van der Waals surface area contributed by atoms with Crippen LogP contribution in [0.25, 0.3) is 0 Å². The summed E-state index contributed by atoms with van der Waals surface area (Å²) in [5.41, 5.74) is 7.89. The first-order valence-electron chi connectivity index (χ1n) is 8.22. The van der Waals surface area contributed by atoms with E-state index in [1.807, 2.05) is 56.3 Å². The van der Waals surface area contributed by atoms with Crippen molar-refractivity contribution in [1.29, 1.82) is 0 Å². The number of nitrogens with one attached hydrogen (secondary N) is 1. The van der Waals surface area contributed by atoms with Crippen molar-refractivity contribution < 1.29 is 9.53 Å². The van der Waals surface area contributed by atoms with E-state index in [-0.39, 0.29) is 12.1 Å². The number of amides is 1. The fourth-order valence-corrected chi connectivity index (χ4v) is 3.27. The van der Waals surface area contributed by atoms with E-state index in [0.29, 0.717) is 9.69 Å². The van der Waals surface area contributed by atoms with Gasteiger partial charge >= 0.3 is 6.09 Å². The van der Waals surface area contributed by atoms with E-state index in [0.717, 1.165) is 17.6 Å². The fourth-order valence-electron chi connectivity index (χ4n) is 2.51. The maximum Gasteiger partial charge on any atom is 0.408 e. The zero-order chi connectivity index (χ0) is 18.4. The van der Waals surface area contributed by atoms with Gasteiger partial charge in [0.15, 0.2) is 0 Å². The molecule has 0 aromatic heterocycles. The summed E-state index contributed by atoms with van der Waals surface area (Å²) in [5, 5.41) is 2.81. The Hall–Kier alpha value is -1.50. The number of ether oxygens (including phenoxy) is 1. The molecule has 1 aliphatic rings. The molecule has 0 saturated heterocycles. The molecule has 134 valence electrons. The van der Waals surface area contributed by atoms with Crippen LogP contribution in [0.5, 0.6) is 0 Å². The van der Waals surface area contributed by atoms with Crippen LogP contribution in [0.4, 0.5) is 4.79 Å². The number of nitrogens with two attached hydrogens (primary N) is 1. The van der Waals surface area contributed by atoms with Gasteiger partial charge in [-0.3, -0.25) is 0 Å². The number of alkyl halides is 1. The van der Waals surface area contributed by atoms with E-state index in [1.165, 1.54) is 0 Å². The third-order valence-corrected chi connectivity index (χ3v) is 5.14. The summed E-state index contributed by atoms with van der Waals surface area (Å²) in [6.45, 7) is 3.65. The molecule has 0 fully saturated rings. The Labute approximate surface area is 162 Å². The van der Waals surface area contributed by atoms with Crippen molar-refractivity contribution in [1.82, 2.24) is 5.32 Å². The van der Waals surface area contributed by atoms with Crippen LogP contribution in [0.2, 0.25) is 0 Å². The summed E-state index contributed by atoms with van der Waals surface area (Å²) in [7, 11) is 0. The minimum atomic E-state index is -0.528. The molecule has 1 amide bonds. The highest BCUT2D eigenvalue weighted by atomic mass is 79.9. The van der Waals surface area contributed by atoms with Crippen molar-refractivity contribution in [3.8, 4) is 0 Å². The number of hydrogen-bond acceptors (Lipinski definition) is 4. The molecule has 4 unspecified atom stereocenters. The smallest absolute Gasteiger partial charge is 0.408 e. The number of halogens is 1. The van der Waals surface area contributed by atoms with E-state index in [9.17, 15) is 4.79 Å². The molecular weight excluding hydrogens is 400 g/mol. The monoisotopic (exact) mass is 422 g/mol. The highest BCUT2D eigenvalue weighted by Crippen LogP contribution is 2.20. The van der Waals surface area contributed by atoms with Crippen LogP contribution in [0.3, 0.4) is 0 Å². The molecule has 0 aliphatic heterocycles. The number of allylic oxidation sites excluding steroid dienone is 3. The van der Waals surface area contributed by atoms with Crippen molar-refractivity contribution in [2.45, 2.75) is 43.3 Å². The average Bonchev–Trinajstić information content (AvgIpc) is 2.60. The average molecular weight is 423 g/mol. The summed E-state index contributed by atoms with van der Waals surface area (Å²) in [6, 6.07) is 8.78. The van der Waals surface area contributed by atoms with Gasteiger partial charge in [0.25, 0.3) is 0 Å². The molecule has 2 rings (SSSR count). The Morgan fingerprint density at radius 1 is 1.36 bits per heavy atom. The van der Waals surface area contributed by atoms with Crippen LogP contribution in [-0.4, -0.2) is 27.9 Å². The lowest BCUT2D eigenvalue weighted by Gasteiger charge is -2.25. The van der Waals surface area contributed by atoms with Crippen LogP contribution in [0, 0.1) is 0 Å². The van der Waals surface area contributed by atoms with Gasteiger partial charge in [-0.1, -0.05) is 76.7 Å². The van der Waals surface area contributed by atoms with E-state index in [1.54, 1.807) is 0 Å². The lowest BCUT2D eigenvalue weighted by molar-refractivity contribution is 0.105. The summed E-state index contributed by atoms with van der Waals surface area (Å²) < 4.78 is 5.46. The normalized spacial score (nSPS) is 20.2. The van der Waals surface area contributed by atoms with Crippen molar-refractivity contribution in [3.05, 3.63) is 59.7 Å². The predicted octanol–water partition coefficient (Wildman–Crippen LogP) is 4.21. The Bertz CT molecular complexity index is 673. The summed E-state index contributed by atoms with van der Waals surface area (Å²) in [6.07, 6.45) is 6.02. The van der Waals surface area contributed by atoms with Gasteiger partial charge in [0.05, 0.1) is 6.04 Å². The number of thiocarbonyl (C=S) groups is 1. The Morgan fingerprint density at radius 3 is 2.60 bits per heavy atom. The molecule has 4 nitrogen and oxygen atoms in total. The van der Waals surface area contributed by atoms with Gasteiger partial charge in [-0.2, -0.15) is 0 Å².